The Morgan fingerprint density at radius 3 is 2.29 bits per heavy atom. The molecule has 0 N–H and O–H groups in total. The molecule has 178 valence electrons. The van der Waals surface area contributed by atoms with Crippen LogP contribution < -0.4 is 9.80 Å². The minimum atomic E-state index is 0.311. The Labute approximate surface area is 205 Å². The van der Waals surface area contributed by atoms with Crippen LogP contribution in [0.5, 0.6) is 0 Å². The highest BCUT2D eigenvalue weighted by Gasteiger charge is 2.19. The molecular weight excluding hydrogens is 436 g/mol. The first-order chi connectivity index (χ1) is 17.2. The number of nitrogens with zero attached hydrogens (tertiary/aromatic N) is 6. The Morgan fingerprint density at radius 1 is 0.829 bits per heavy atom. The van der Waals surface area contributed by atoms with Crippen molar-refractivity contribution in [3.05, 3.63) is 72.8 Å². The van der Waals surface area contributed by atoms with Crippen molar-refractivity contribution in [2.24, 2.45) is 0 Å². The number of carbonyl (C=O) groups is 1. The highest BCUT2D eigenvalue weighted by Crippen LogP contribution is 2.25. The minimum absolute atomic E-state index is 0.311. The van der Waals surface area contributed by atoms with Gasteiger partial charge in [-0.15, -0.1) is 0 Å². The molecule has 2 aromatic heterocycles. The summed E-state index contributed by atoms with van der Waals surface area (Å²) in [7, 11) is 0. The molecule has 0 amide bonds. The molecule has 0 bridgehead atoms. The van der Waals surface area contributed by atoms with Crippen LogP contribution in [-0.4, -0.2) is 51.9 Å². The van der Waals surface area contributed by atoms with Gasteiger partial charge in [-0.05, 0) is 35.2 Å². The lowest BCUT2D eigenvalue weighted by Gasteiger charge is -2.35. The van der Waals surface area contributed by atoms with Gasteiger partial charge in [-0.1, -0.05) is 43.7 Å². The Morgan fingerprint density at radius 2 is 1.57 bits per heavy atom. The third-order valence-electron chi connectivity index (χ3n) is 6.50. The van der Waals surface area contributed by atoms with E-state index in [1.54, 1.807) is 12.4 Å². The zero-order chi connectivity index (χ0) is 24.0. The number of rotatable bonds is 8. The van der Waals surface area contributed by atoms with Crippen LogP contribution in [0, 0.1) is 0 Å². The van der Waals surface area contributed by atoms with E-state index >= 15 is 0 Å². The van der Waals surface area contributed by atoms with E-state index in [1.807, 2.05) is 18.5 Å². The fourth-order valence-electron chi connectivity index (χ4n) is 4.46. The second-order valence-electron chi connectivity index (χ2n) is 8.99. The van der Waals surface area contributed by atoms with Gasteiger partial charge in [-0.2, -0.15) is 0 Å². The van der Waals surface area contributed by atoms with Gasteiger partial charge in [0.25, 0.3) is 0 Å². The van der Waals surface area contributed by atoms with Gasteiger partial charge in [0.05, 0.1) is 23.4 Å². The molecule has 4 aromatic rings. The van der Waals surface area contributed by atoms with Crippen LogP contribution in [0.4, 0.5) is 11.6 Å². The lowest BCUT2D eigenvalue weighted by Crippen LogP contribution is -2.47. The van der Waals surface area contributed by atoms with E-state index in [0.717, 1.165) is 78.4 Å². The predicted molar refractivity (Wildman–Crippen MR) is 140 cm³/mol. The Balaban J connectivity index is 1.28. The molecule has 0 spiro atoms. The fraction of sp³-hybridized carbons (Fsp3) is 0.321. The van der Waals surface area contributed by atoms with Crippen LogP contribution in [0.2, 0.25) is 0 Å². The molecule has 5 rings (SSSR count). The predicted octanol–water partition coefficient (Wildman–Crippen LogP) is 4.72. The maximum Gasteiger partial charge on any atom is 0.147 e. The van der Waals surface area contributed by atoms with Crippen LogP contribution >= 0.6 is 0 Å². The maximum absolute atomic E-state index is 12.1. The second kappa shape index (κ2) is 10.6. The summed E-state index contributed by atoms with van der Waals surface area (Å²) in [5, 5.41) is 0. The number of unbranched alkanes of at least 4 members (excludes halogenated alkanes) is 1. The van der Waals surface area contributed by atoms with E-state index in [2.05, 4.69) is 68.1 Å². The van der Waals surface area contributed by atoms with Crippen molar-refractivity contribution >= 4 is 28.5 Å². The highest BCUT2D eigenvalue weighted by atomic mass is 16.1. The van der Waals surface area contributed by atoms with E-state index < -0.39 is 0 Å². The lowest BCUT2D eigenvalue weighted by atomic mass is 10.00. The van der Waals surface area contributed by atoms with Crippen molar-refractivity contribution in [3.8, 4) is 11.1 Å². The number of fused-ring (bicyclic) bond motifs is 1. The summed E-state index contributed by atoms with van der Waals surface area (Å²) in [4.78, 5) is 34.8. The van der Waals surface area contributed by atoms with Crippen molar-refractivity contribution in [3.63, 3.8) is 0 Å². The first kappa shape index (κ1) is 22.9. The summed E-state index contributed by atoms with van der Waals surface area (Å²) in [5.74, 6) is 2.12. The average molecular weight is 467 g/mol. The summed E-state index contributed by atoms with van der Waals surface area (Å²) >= 11 is 0. The van der Waals surface area contributed by atoms with Crippen molar-refractivity contribution < 1.29 is 4.79 Å². The summed E-state index contributed by atoms with van der Waals surface area (Å²) in [5.41, 5.74) is 5.05. The number of benzene rings is 2. The van der Waals surface area contributed by atoms with Crippen LogP contribution in [-0.2, 0) is 11.2 Å². The molecule has 7 heteroatoms. The molecule has 0 saturated carbocycles. The first-order valence-corrected chi connectivity index (χ1v) is 12.3. The second-order valence-corrected chi connectivity index (χ2v) is 8.99. The van der Waals surface area contributed by atoms with Gasteiger partial charge in [0.1, 0.15) is 17.4 Å². The molecule has 0 radical (unpaired) electrons. The summed E-state index contributed by atoms with van der Waals surface area (Å²) in [6, 6.07) is 14.5. The van der Waals surface area contributed by atoms with Gasteiger partial charge < -0.3 is 9.80 Å². The van der Waals surface area contributed by atoms with Crippen molar-refractivity contribution in [2.45, 2.75) is 32.6 Å². The fourth-order valence-corrected chi connectivity index (χ4v) is 4.46. The Bertz CT molecular complexity index is 1280. The van der Waals surface area contributed by atoms with E-state index in [-0.39, 0.29) is 0 Å². The molecular formula is C28H30N6O. The molecule has 3 heterocycles. The van der Waals surface area contributed by atoms with Gasteiger partial charge in [-0.3, -0.25) is 14.8 Å². The van der Waals surface area contributed by atoms with Crippen molar-refractivity contribution in [1.29, 1.82) is 0 Å². The molecule has 0 unspecified atom stereocenters. The minimum Gasteiger partial charge on any atom is -0.352 e. The number of aromatic nitrogens is 4. The summed E-state index contributed by atoms with van der Waals surface area (Å²) in [6.07, 6.45) is 10.3. The standard InChI is InChI=1S/C28H30N6O/c1-2-3-4-24(35)17-21-5-7-22(8-6-21)23-9-10-25-26(18-23)32-28(20-31-25)34-15-13-33(14-16-34)27-19-29-11-12-30-27/h5-12,18-20H,2-4,13-17H2,1H3. The van der Waals surface area contributed by atoms with Crippen LogP contribution in [0.1, 0.15) is 31.7 Å². The molecule has 0 atom stereocenters. The van der Waals surface area contributed by atoms with Gasteiger partial charge in [-0.25, -0.2) is 9.97 Å². The van der Waals surface area contributed by atoms with E-state index in [9.17, 15) is 4.79 Å². The number of piperazine rings is 1. The molecule has 7 nitrogen and oxygen atoms in total. The summed E-state index contributed by atoms with van der Waals surface area (Å²) in [6.45, 7) is 5.56. The van der Waals surface area contributed by atoms with Crippen molar-refractivity contribution in [1.82, 2.24) is 19.9 Å². The van der Waals surface area contributed by atoms with Crippen molar-refractivity contribution in [2.75, 3.05) is 36.0 Å². The SMILES string of the molecule is CCCCC(=O)Cc1ccc(-c2ccc3ncc(N4CCN(c5cnccn5)CC4)nc3c2)cc1. The molecule has 1 aliphatic rings. The lowest BCUT2D eigenvalue weighted by molar-refractivity contribution is -0.118. The van der Waals surface area contributed by atoms with Crippen LogP contribution in [0.3, 0.4) is 0 Å². The highest BCUT2D eigenvalue weighted by molar-refractivity contribution is 5.83. The third kappa shape index (κ3) is 5.45. The Hall–Kier alpha value is -3.87. The topological polar surface area (TPSA) is 75.1 Å². The Kier molecular flexibility index (Phi) is 6.93. The van der Waals surface area contributed by atoms with E-state index in [0.29, 0.717) is 18.6 Å². The molecule has 1 saturated heterocycles. The largest absolute Gasteiger partial charge is 0.352 e. The molecule has 1 aliphatic heterocycles. The van der Waals surface area contributed by atoms with E-state index in [4.69, 9.17) is 4.98 Å². The zero-order valence-corrected chi connectivity index (χ0v) is 20.1. The van der Waals surface area contributed by atoms with Gasteiger partial charge in [0.2, 0.25) is 0 Å². The number of anilines is 2. The van der Waals surface area contributed by atoms with Crippen LogP contribution in [0.15, 0.2) is 67.3 Å². The summed E-state index contributed by atoms with van der Waals surface area (Å²) < 4.78 is 0. The normalized spacial score (nSPS) is 13.9. The quantitative estimate of drug-likeness (QED) is 0.372. The molecule has 1 fully saturated rings. The first-order valence-electron chi connectivity index (χ1n) is 12.3. The number of Topliss-reactive ketones (excluding diaryl/α,β-unsaturated/α-hetero) is 1. The van der Waals surface area contributed by atoms with Gasteiger partial charge in [0, 0.05) is 51.4 Å². The number of hydrogen-bond donors (Lipinski definition) is 0. The van der Waals surface area contributed by atoms with E-state index in [1.165, 1.54) is 0 Å². The number of hydrogen-bond acceptors (Lipinski definition) is 7. The number of ketones is 1. The number of carbonyl (C=O) groups excluding carboxylic acids is 1. The maximum atomic E-state index is 12.1. The zero-order valence-electron chi connectivity index (χ0n) is 20.1. The molecule has 2 aromatic carbocycles. The van der Waals surface area contributed by atoms with Crippen LogP contribution in [0.25, 0.3) is 22.2 Å². The molecule has 0 aliphatic carbocycles. The van der Waals surface area contributed by atoms with Gasteiger partial charge >= 0.3 is 0 Å². The monoisotopic (exact) mass is 466 g/mol. The third-order valence-corrected chi connectivity index (χ3v) is 6.50. The van der Waals surface area contributed by atoms with Gasteiger partial charge in [0.15, 0.2) is 0 Å². The molecule has 35 heavy (non-hydrogen) atoms. The smallest absolute Gasteiger partial charge is 0.147 e. The average Bonchev–Trinajstić information content (AvgIpc) is 2.92.